The van der Waals surface area contributed by atoms with Gasteiger partial charge in [0.15, 0.2) is 5.82 Å². The van der Waals surface area contributed by atoms with E-state index in [0.717, 1.165) is 30.7 Å². The highest BCUT2D eigenvalue weighted by molar-refractivity contribution is 5.91. The van der Waals surface area contributed by atoms with Crippen LogP contribution in [0.25, 0.3) is 0 Å². The lowest BCUT2D eigenvalue weighted by molar-refractivity contribution is -0.115. The molecule has 0 radical (unpaired) electrons. The normalized spacial score (nSPS) is 20.8. The molecule has 1 fully saturated rings. The summed E-state index contributed by atoms with van der Waals surface area (Å²) in [5.41, 5.74) is 1.62. The van der Waals surface area contributed by atoms with Gasteiger partial charge in [-0.15, -0.1) is 0 Å². The third-order valence-electron chi connectivity index (χ3n) is 4.47. The van der Waals surface area contributed by atoms with Gasteiger partial charge >= 0.3 is 0 Å². The number of anilines is 1. The van der Waals surface area contributed by atoms with Gasteiger partial charge in [0, 0.05) is 23.7 Å². The summed E-state index contributed by atoms with van der Waals surface area (Å²) in [6.45, 7) is 8.06. The Morgan fingerprint density at radius 1 is 1.40 bits per heavy atom. The molecule has 0 bridgehead atoms. The van der Waals surface area contributed by atoms with Crippen LogP contribution in [0.5, 0.6) is 0 Å². The van der Waals surface area contributed by atoms with Gasteiger partial charge in [-0.1, -0.05) is 5.16 Å². The Hall–Kier alpha value is -2.15. The van der Waals surface area contributed by atoms with Gasteiger partial charge in [-0.3, -0.25) is 9.48 Å². The molecule has 0 spiro atoms. The first-order chi connectivity index (χ1) is 11.7. The van der Waals surface area contributed by atoms with Crippen molar-refractivity contribution in [3.05, 3.63) is 29.3 Å². The maximum Gasteiger partial charge on any atom is 0.233 e. The molecule has 2 heterocycles. The minimum atomic E-state index is -0.249. The van der Waals surface area contributed by atoms with Crippen LogP contribution in [0.4, 0.5) is 5.82 Å². The molecule has 2 aromatic heterocycles. The minimum Gasteiger partial charge on any atom is -0.393 e. The number of nitrogens with zero attached hydrogens (tertiary/aromatic N) is 3. The van der Waals surface area contributed by atoms with Gasteiger partial charge in [-0.25, -0.2) is 0 Å². The molecule has 1 amide bonds. The number of aromatic nitrogens is 3. The van der Waals surface area contributed by atoms with Crippen molar-refractivity contribution in [2.24, 2.45) is 0 Å². The molecule has 2 aromatic rings. The number of hydrogen-bond donors (Lipinski definition) is 2. The maximum atomic E-state index is 12.2. The topological polar surface area (TPSA) is 93.2 Å². The van der Waals surface area contributed by atoms with Crippen LogP contribution < -0.4 is 5.32 Å². The Morgan fingerprint density at radius 3 is 2.72 bits per heavy atom. The van der Waals surface area contributed by atoms with E-state index in [-0.39, 0.29) is 29.9 Å². The summed E-state index contributed by atoms with van der Waals surface area (Å²) in [6, 6.07) is 3.68. The molecule has 136 valence electrons. The number of nitrogens with one attached hydrogen (secondary N) is 1. The third-order valence-corrected chi connectivity index (χ3v) is 4.47. The van der Waals surface area contributed by atoms with Crippen molar-refractivity contribution in [1.82, 2.24) is 14.9 Å². The van der Waals surface area contributed by atoms with Crippen molar-refractivity contribution in [3.63, 3.8) is 0 Å². The summed E-state index contributed by atoms with van der Waals surface area (Å²) in [6.07, 6.45) is 2.37. The zero-order valence-corrected chi connectivity index (χ0v) is 15.2. The largest absolute Gasteiger partial charge is 0.393 e. The van der Waals surface area contributed by atoms with Crippen LogP contribution in [0.15, 0.2) is 16.7 Å². The fraction of sp³-hybridized carbons (Fsp3) is 0.611. The average molecular weight is 346 g/mol. The molecule has 3 rings (SSSR count). The number of aryl methyl sites for hydroxylation is 1. The molecule has 7 nitrogen and oxygen atoms in total. The van der Waals surface area contributed by atoms with E-state index in [1.54, 1.807) is 6.07 Å². The quantitative estimate of drug-likeness (QED) is 0.888. The van der Waals surface area contributed by atoms with Crippen molar-refractivity contribution >= 4 is 11.7 Å². The predicted molar refractivity (Wildman–Crippen MR) is 93.4 cm³/mol. The average Bonchev–Trinajstić information content (AvgIpc) is 3.18. The predicted octanol–water partition coefficient (Wildman–Crippen LogP) is 2.74. The molecule has 1 saturated carbocycles. The van der Waals surface area contributed by atoms with Crippen LogP contribution >= 0.6 is 0 Å². The van der Waals surface area contributed by atoms with E-state index < -0.39 is 0 Å². The Balaban J connectivity index is 1.77. The van der Waals surface area contributed by atoms with E-state index in [1.807, 2.05) is 17.7 Å². The highest BCUT2D eigenvalue weighted by atomic mass is 16.5. The second-order valence-electron chi connectivity index (χ2n) is 7.86. The lowest BCUT2D eigenvalue weighted by Gasteiger charge is -2.24. The Morgan fingerprint density at radius 2 is 2.16 bits per heavy atom. The molecular weight excluding hydrogens is 320 g/mol. The van der Waals surface area contributed by atoms with Crippen LogP contribution in [0.2, 0.25) is 0 Å². The molecule has 0 saturated heterocycles. The lowest BCUT2D eigenvalue weighted by atomic mass is 10.0. The standard InChI is InChI=1S/C18H26N4O3/c1-11-7-14(25-21-11)9-17(24)19-16-10-15(12-5-6-13(23)8-12)22(20-16)18(2,3)4/h7,10,12-13,23H,5-6,8-9H2,1-4H3,(H,19,20,24). The molecular formula is C18H26N4O3. The van der Waals surface area contributed by atoms with E-state index >= 15 is 0 Å². The van der Waals surface area contributed by atoms with Gasteiger partial charge in [0.25, 0.3) is 0 Å². The summed E-state index contributed by atoms with van der Waals surface area (Å²) in [7, 11) is 0. The second kappa shape index (κ2) is 6.63. The zero-order chi connectivity index (χ0) is 18.2. The fourth-order valence-electron chi connectivity index (χ4n) is 3.36. The molecule has 1 aliphatic rings. The van der Waals surface area contributed by atoms with E-state index in [1.165, 1.54) is 0 Å². The number of carbonyl (C=O) groups excluding carboxylic acids is 1. The van der Waals surface area contributed by atoms with E-state index in [9.17, 15) is 9.90 Å². The molecule has 1 aliphatic carbocycles. The van der Waals surface area contributed by atoms with Crippen molar-refractivity contribution in [2.45, 2.75) is 70.9 Å². The number of aliphatic hydroxyl groups excluding tert-OH is 1. The number of aliphatic hydroxyl groups is 1. The molecule has 7 heteroatoms. The molecule has 0 aliphatic heterocycles. The molecule has 0 aromatic carbocycles. The molecule has 25 heavy (non-hydrogen) atoms. The van der Waals surface area contributed by atoms with E-state index in [0.29, 0.717) is 11.6 Å². The summed E-state index contributed by atoms with van der Waals surface area (Å²) in [4.78, 5) is 12.2. The number of hydrogen-bond acceptors (Lipinski definition) is 5. The smallest absolute Gasteiger partial charge is 0.233 e. The van der Waals surface area contributed by atoms with Gasteiger partial charge in [0.05, 0.1) is 23.8 Å². The maximum absolute atomic E-state index is 12.2. The van der Waals surface area contributed by atoms with Gasteiger partial charge < -0.3 is 14.9 Å². The van der Waals surface area contributed by atoms with Crippen molar-refractivity contribution < 1.29 is 14.4 Å². The monoisotopic (exact) mass is 346 g/mol. The van der Waals surface area contributed by atoms with E-state index in [2.05, 4.69) is 36.3 Å². The zero-order valence-electron chi connectivity index (χ0n) is 15.2. The summed E-state index contributed by atoms with van der Waals surface area (Å²) in [5.74, 6) is 1.15. The van der Waals surface area contributed by atoms with E-state index in [4.69, 9.17) is 4.52 Å². The van der Waals surface area contributed by atoms with Crippen molar-refractivity contribution in [2.75, 3.05) is 5.32 Å². The molecule has 2 atom stereocenters. The Kier molecular flexibility index (Phi) is 4.69. The fourth-order valence-corrected chi connectivity index (χ4v) is 3.36. The van der Waals surface area contributed by atoms with Gasteiger partial charge in [0.1, 0.15) is 5.76 Å². The van der Waals surface area contributed by atoms with Crippen LogP contribution in [-0.4, -0.2) is 32.1 Å². The Labute approximate surface area is 147 Å². The second-order valence-corrected chi connectivity index (χ2v) is 7.86. The first-order valence-corrected chi connectivity index (χ1v) is 8.73. The Bertz CT molecular complexity index is 757. The summed E-state index contributed by atoms with van der Waals surface area (Å²) >= 11 is 0. The number of carbonyl (C=O) groups is 1. The van der Waals surface area contributed by atoms with Gasteiger partial charge in [-0.05, 0) is 47.0 Å². The van der Waals surface area contributed by atoms with Crippen molar-refractivity contribution in [1.29, 1.82) is 0 Å². The van der Waals surface area contributed by atoms with Gasteiger partial charge in [0.2, 0.25) is 5.91 Å². The molecule has 2 N–H and O–H groups in total. The third kappa shape index (κ3) is 4.10. The highest BCUT2D eigenvalue weighted by Crippen LogP contribution is 2.37. The van der Waals surface area contributed by atoms with Crippen LogP contribution in [0, 0.1) is 6.92 Å². The number of rotatable bonds is 4. The van der Waals surface area contributed by atoms with Crippen molar-refractivity contribution in [3.8, 4) is 0 Å². The SMILES string of the molecule is Cc1cc(CC(=O)Nc2cc(C3CCC(O)C3)n(C(C)(C)C)n2)on1. The van der Waals surface area contributed by atoms with Gasteiger partial charge in [-0.2, -0.15) is 5.10 Å². The first-order valence-electron chi connectivity index (χ1n) is 8.73. The summed E-state index contributed by atoms with van der Waals surface area (Å²) < 4.78 is 7.05. The molecule has 2 unspecified atom stereocenters. The first kappa shape index (κ1) is 17.7. The lowest BCUT2D eigenvalue weighted by Crippen LogP contribution is -2.26. The van der Waals surface area contributed by atoms with Crippen LogP contribution in [0.1, 0.15) is 63.1 Å². The van der Waals surface area contributed by atoms with Crippen LogP contribution in [0.3, 0.4) is 0 Å². The minimum absolute atomic E-state index is 0.126. The van der Waals surface area contributed by atoms with Crippen LogP contribution in [-0.2, 0) is 16.8 Å². The number of amides is 1. The summed E-state index contributed by atoms with van der Waals surface area (Å²) in [5, 5.41) is 21.1. The highest BCUT2D eigenvalue weighted by Gasteiger charge is 2.30.